The van der Waals surface area contributed by atoms with E-state index in [2.05, 4.69) is 19.2 Å². The number of hydrogen-bond donors (Lipinski definition) is 1. The van der Waals surface area contributed by atoms with E-state index in [1.54, 1.807) is 6.07 Å². The molecule has 1 N–H and O–H groups in total. The smallest absolute Gasteiger partial charge is 0.292 e. The lowest BCUT2D eigenvalue weighted by Gasteiger charge is -2.54. The summed E-state index contributed by atoms with van der Waals surface area (Å²) >= 11 is 0. The van der Waals surface area contributed by atoms with Crippen LogP contribution in [-0.4, -0.2) is 23.7 Å². The van der Waals surface area contributed by atoms with E-state index in [0.717, 1.165) is 18.6 Å². The Morgan fingerprint density at radius 2 is 2.20 bits per heavy atom. The average Bonchev–Trinajstić information content (AvgIpc) is 2.83. The second-order valence-electron chi connectivity index (χ2n) is 6.47. The molecule has 3 unspecified atom stereocenters. The number of nitro benzene ring substituents is 1. The molecule has 3 atom stereocenters. The van der Waals surface area contributed by atoms with Gasteiger partial charge in [0.15, 0.2) is 0 Å². The number of anilines is 1. The van der Waals surface area contributed by atoms with E-state index in [-0.39, 0.29) is 28.2 Å². The van der Waals surface area contributed by atoms with Crippen molar-refractivity contribution in [2.45, 2.75) is 39.3 Å². The van der Waals surface area contributed by atoms with Gasteiger partial charge in [-0.2, -0.15) is 0 Å². The van der Waals surface area contributed by atoms with Crippen LogP contribution < -0.4 is 5.32 Å². The Kier molecular flexibility index (Phi) is 2.97. The molecule has 0 aromatic heterocycles. The van der Waals surface area contributed by atoms with Gasteiger partial charge in [0.25, 0.3) is 5.69 Å². The van der Waals surface area contributed by atoms with Crippen LogP contribution in [0.4, 0.5) is 11.4 Å². The maximum Gasteiger partial charge on any atom is 0.292 e. The van der Waals surface area contributed by atoms with Crippen LogP contribution in [0.3, 0.4) is 0 Å². The minimum absolute atomic E-state index is 0.0138. The van der Waals surface area contributed by atoms with Gasteiger partial charge in [-0.3, -0.25) is 10.1 Å². The lowest BCUT2D eigenvalue weighted by atomic mass is 9.57. The number of benzene rings is 1. The fourth-order valence-electron chi connectivity index (χ4n) is 3.70. The Morgan fingerprint density at radius 1 is 1.45 bits per heavy atom. The van der Waals surface area contributed by atoms with Crippen LogP contribution in [0.1, 0.15) is 25.8 Å². The number of rotatable bonds is 3. The van der Waals surface area contributed by atoms with E-state index in [1.165, 1.54) is 0 Å². The summed E-state index contributed by atoms with van der Waals surface area (Å²) in [6.45, 7) is 6.99. The Bertz CT molecular complexity index is 556. The first-order valence-corrected chi connectivity index (χ1v) is 7.04. The summed E-state index contributed by atoms with van der Waals surface area (Å²) in [4.78, 5) is 10.9. The van der Waals surface area contributed by atoms with Crippen LogP contribution in [0, 0.1) is 28.4 Å². The molecule has 1 saturated carbocycles. The van der Waals surface area contributed by atoms with E-state index >= 15 is 0 Å². The zero-order valence-electron chi connectivity index (χ0n) is 12.1. The Labute approximate surface area is 118 Å². The molecule has 0 bridgehead atoms. The fourth-order valence-corrected chi connectivity index (χ4v) is 3.70. The van der Waals surface area contributed by atoms with Gasteiger partial charge in [-0.1, -0.05) is 19.9 Å². The lowest BCUT2D eigenvalue weighted by molar-refractivity contribution is -0.384. The highest BCUT2D eigenvalue weighted by Crippen LogP contribution is 2.53. The number of fused-ring (bicyclic) bond motifs is 1. The van der Waals surface area contributed by atoms with E-state index in [0.29, 0.717) is 11.6 Å². The van der Waals surface area contributed by atoms with Crippen LogP contribution in [0.15, 0.2) is 18.2 Å². The van der Waals surface area contributed by atoms with E-state index < -0.39 is 0 Å². The van der Waals surface area contributed by atoms with Crippen LogP contribution in [-0.2, 0) is 4.74 Å². The van der Waals surface area contributed by atoms with E-state index in [9.17, 15) is 10.1 Å². The number of hydrogen-bond acceptors (Lipinski definition) is 4. The zero-order valence-corrected chi connectivity index (χ0v) is 12.1. The van der Waals surface area contributed by atoms with Gasteiger partial charge < -0.3 is 10.1 Å². The van der Waals surface area contributed by atoms with E-state index in [1.807, 2.05) is 19.1 Å². The number of nitro groups is 1. The molecular formula is C15H20N2O3. The van der Waals surface area contributed by atoms with Crippen molar-refractivity contribution < 1.29 is 9.66 Å². The first-order chi connectivity index (χ1) is 9.41. The van der Waals surface area contributed by atoms with Crippen molar-refractivity contribution in [3.05, 3.63) is 33.9 Å². The highest BCUT2D eigenvalue weighted by molar-refractivity contribution is 5.63. The molecule has 1 saturated heterocycles. The van der Waals surface area contributed by atoms with Crippen molar-refractivity contribution in [1.82, 2.24) is 0 Å². The Balaban J connectivity index is 1.87. The Hall–Kier alpha value is -1.62. The fraction of sp³-hybridized carbons (Fsp3) is 0.600. The van der Waals surface area contributed by atoms with Gasteiger partial charge >= 0.3 is 0 Å². The van der Waals surface area contributed by atoms with Crippen molar-refractivity contribution in [1.29, 1.82) is 0 Å². The molecule has 0 spiro atoms. The molecule has 2 fully saturated rings. The Morgan fingerprint density at radius 3 is 2.90 bits per heavy atom. The van der Waals surface area contributed by atoms with Gasteiger partial charge in [-0.15, -0.1) is 0 Å². The molecular weight excluding hydrogens is 256 g/mol. The molecule has 1 aromatic carbocycles. The highest BCUT2D eigenvalue weighted by Gasteiger charge is 2.59. The zero-order chi connectivity index (χ0) is 14.5. The molecule has 1 aliphatic carbocycles. The van der Waals surface area contributed by atoms with Crippen molar-refractivity contribution in [3.63, 3.8) is 0 Å². The molecule has 0 radical (unpaired) electrons. The monoisotopic (exact) mass is 276 g/mol. The maximum atomic E-state index is 11.2. The molecule has 0 amide bonds. The number of nitrogens with one attached hydrogen (secondary N) is 1. The summed E-state index contributed by atoms with van der Waals surface area (Å²) in [5, 5.41) is 14.6. The SMILES string of the molecule is Cc1ccc(NC2C3CCOC3C2(C)C)c([N+](=O)[O-])c1. The topological polar surface area (TPSA) is 64.4 Å². The van der Waals surface area contributed by atoms with Gasteiger partial charge in [-0.25, -0.2) is 0 Å². The molecule has 20 heavy (non-hydrogen) atoms. The standard InChI is InChI=1S/C15H20N2O3/c1-9-4-5-11(12(8-9)17(18)19)16-13-10-6-7-20-14(10)15(13,2)3/h4-5,8,10,13-14,16H,6-7H2,1-3H3. The molecule has 5 nitrogen and oxygen atoms in total. The van der Waals surface area contributed by atoms with Gasteiger partial charge in [0, 0.05) is 30.0 Å². The molecule has 1 heterocycles. The van der Waals surface area contributed by atoms with Gasteiger partial charge in [0.2, 0.25) is 0 Å². The molecule has 2 aliphatic rings. The predicted molar refractivity (Wildman–Crippen MR) is 76.9 cm³/mol. The third-order valence-electron chi connectivity index (χ3n) is 4.76. The highest BCUT2D eigenvalue weighted by atomic mass is 16.6. The first-order valence-electron chi connectivity index (χ1n) is 7.04. The first kappa shape index (κ1) is 13.4. The summed E-state index contributed by atoms with van der Waals surface area (Å²) in [5.41, 5.74) is 1.68. The minimum atomic E-state index is -0.316. The second kappa shape index (κ2) is 4.45. The molecule has 1 aromatic rings. The lowest BCUT2D eigenvalue weighted by Crippen LogP contribution is -2.63. The summed E-state index contributed by atoms with van der Waals surface area (Å²) in [7, 11) is 0. The quantitative estimate of drug-likeness (QED) is 0.680. The largest absolute Gasteiger partial charge is 0.377 e. The second-order valence-corrected chi connectivity index (χ2v) is 6.47. The minimum Gasteiger partial charge on any atom is -0.377 e. The maximum absolute atomic E-state index is 11.2. The van der Waals surface area contributed by atoms with Gasteiger partial charge in [-0.05, 0) is 25.0 Å². The van der Waals surface area contributed by atoms with Crippen LogP contribution >= 0.6 is 0 Å². The van der Waals surface area contributed by atoms with Crippen molar-refractivity contribution in [3.8, 4) is 0 Å². The number of aryl methyl sites for hydroxylation is 1. The number of nitrogens with zero attached hydrogens (tertiary/aromatic N) is 1. The van der Waals surface area contributed by atoms with Crippen molar-refractivity contribution in [2.24, 2.45) is 11.3 Å². The third-order valence-corrected chi connectivity index (χ3v) is 4.76. The predicted octanol–water partition coefficient (Wildman–Crippen LogP) is 3.13. The third kappa shape index (κ3) is 1.88. The van der Waals surface area contributed by atoms with Crippen LogP contribution in [0.25, 0.3) is 0 Å². The van der Waals surface area contributed by atoms with Crippen molar-refractivity contribution in [2.75, 3.05) is 11.9 Å². The van der Waals surface area contributed by atoms with Crippen LogP contribution in [0.5, 0.6) is 0 Å². The van der Waals surface area contributed by atoms with Crippen molar-refractivity contribution >= 4 is 11.4 Å². The normalized spacial score (nSPS) is 30.4. The van der Waals surface area contributed by atoms with Crippen LogP contribution in [0.2, 0.25) is 0 Å². The number of ether oxygens (including phenoxy) is 1. The van der Waals surface area contributed by atoms with Gasteiger partial charge in [0.1, 0.15) is 5.69 Å². The summed E-state index contributed by atoms with van der Waals surface area (Å²) in [5.74, 6) is 0.464. The van der Waals surface area contributed by atoms with Gasteiger partial charge in [0.05, 0.1) is 11.0 Å². The molecule has 108 valence electrons. The summed E-state index contributed by atoms with van der Waals surface area (Å²) in [6, 6.07) is 5.57. The molecule has 5 heteroatoms. The molecule has 1 aliphatic heterocycles. The molecule has 3 rings (SSSR count). The average molecular weight is 276 g/mol. The summed E-state index contributed by atoms with van der Waals surface area (Å²) < 4.78 is 5.76. The van der Waals surface area contributed by atoms with E-state index in [4.69, 9.17) is 4.74 Å². The summed E-state index contributed by atoms with van der Waals surface area (Å²) in [6.07, 6.45) is 1.32.